The molecule has 0 aliphatic carbocycles. The Morgan fingerprint density at radius 2 is 1.50 bits per heavy atom. The number of aryl methyl sites for hydroxylation is 1. The molecule has 0 atom stereocenters. The average Bonchev–Trinajstić information content (AvgIpc) is 2.54. The number of hydrogen-bond acceptors (Lipinski definition) is 4. The summed E-state index contributed by atoms with van der Waals surface area (Å²) in [7, 11) is 3.12. The number of benzene rings is 2. The topological polar surface area (TPSA) is 56.8 Å². The summed E-state index contributed by atoms with van der Waals surface area (Å²) in [4.78, 5) is 11.9. The van der Waals surface area contributed by atoms with Gasteiger partial charge in [-0.25, -0.2) is 0 Å². The standard InChI is InChI=1S/C17H19NO4/c1-12-4-6-13(7-5-12)18-17(19)11-22-16-9-14(20-2)8-15(10-16)21-3/h4-10H,11H2,1-3H3,(H,18,19). The molecule has 0 saturated heterocycles. The van der Waals surface area contributed by atoms with Gasteiger partial charge >= 0.3 is 0 Å². The van der Waals surface area contributed by atoms with Gasteiger partial charge in [-0.3, -0.25) is 4.79 Å². The lowest BCUT2D eigenvalue weighted by Gasteiger charge is -2.10. The quantitative estimate of drug-likeness (QED) is 0.891. The summed E-state index contributed by atoms with van der Waals surface area (Å²) in [6, 6.07) is 12.7. The van der Waals surface area contributed by atoms with Crippen LogP contribution < -0.4 is 19.5 Å². The molecule has 0 aromatic heterocycles. The first-order valence-electron chi connectivity index (χ1n) is 6.83. The summed E-state index contributed by atoms with van der Waals surface area (Å²) in [5.74, 6) is 1.49. The SMILES string of the molecule is COc1cc(OC)cc(OCC(=O)Nc2ccc(C)cc2)c1. The molecule has 22 heavy (non-hydrogen) atoms. The van der Waals surface area contributed by atoms with Crippen LogP contribution in [0.1, 0.15) is 5.56 Å². The van der Waals surface area contributed by atoms with Crippen molar-refractivity contribution in [2.75, 3.05) is 26.1 Å². The molecule has 0 bridgehead atoms. The maximum Gasteiger partial charge on any atom is 0.262 e. The third kappa shape index (κ3) is 4.41. The van der Waals surface area contributed by atoms with Crippen molar-refractivity contribution in [2.24, 2.45) is 0 Å². The van der Waals surface area contributed by atoms with Crippen LogP contribution in [0.2, 0.25) is 0 Å². The second-order valence-electron chi connectivity index (χ2n) is 4.75. The molecule has 0 heterocycles. The molecule has 5 nitrogen and oxygen atoms in total. The van der Waals surface area contributed by atoms with Crippen LogP contribution >= 0.6 is 0 Å². The predicted molar refractivity (Wildman–Crippen MR) is 84.8 cm³/mol. The van der Waals surface area contributed by atoms with Gasteiger partial charge in [-0.1, -0.05) is 17.7 Å². The number of nitrogens with one attached hydrogen (secondary N) is 1. The number of rotatable bonds is 6. The Morgan fingerprint density at radius 1 is 0.955 bits per heavy atom. The zero-order chi connectivity index (χ0) is 15.9. The zero-order valence-corrected chi connectivity index (χ0v) is 12.9. The van der Waals surface area contributed by atoms with E-state index in [0.717, 1.165) is 11.3 Å². The predicted octanol–water partition coefficient (Wildman–Crippen LogP) is 3.03. The van der Waals surface area contributed by atoms with Gasteiger partial charge in [0, 0.05) is 23.9 Å². The van der Waals surface area contributed by atoms with Gasteiger partial charge in [0.15, 0.2) is 6.61 Å². The van der Waals surface area contributed by atoms with Gasteiger partial charge < -0.3 is 19.5 Å². The van der Waals surface area contributed by atoms with Crippen LogP contribution in [0.5, 0.6) is 17.2 Å². The summed E-state index contributed by atoms with van der Waals surface area (Å²) < 4.78 is 15.8. The molecule has 0 aliphatic rings. The lowest BCUT2D eigenvalue weighted by molar-refractivity contribution is -0.118. The van der Waals surface area contributed by atoms with E-state index in [1.165, 1.54) is 0 Å². The summed E-state index contributed by atoms with van der Waals surface area (Å²) in [6.07, 6.45) is 0. The molecule has 116 valence electrons. The first-order chi connectivity index (χ1) is 10.6. The van der Waals surface area contributed by atoms with Gasteiger partial charge in [0.1, 0.15) is 17.2 Å². The number of ether oxygens (including phenoxy) is 3. The summed E-state index contributed by atoms with van der Waals surface area (Å²) in [6.45, 7) is 1.90. The number of carbonyl (C=O) groups excluding carboxylic acids is 1. The van der Waals surface area contributed by atoms with Crippen molar-refractivity contribution in [3.63, 3.8) is 0 Å². The minimum atomic E-state index is -0.231. The van der Waals surface area contributed by atoms with Crippen LogP contribution in [0.3, 0.4) is 0 Å². The minimum Gasteiger partial charge on any atom is -0.496 e. The summed E-state index contributed by atoms with van der Waals surface area (Å²) in [5.41, 5.74) is 1.88. The van der Waals surface area contributed by atoms with Crippen molar-refractivity contribution < 1.29 is 19.0 Å². The highest BCUT2D eigenvalue weighted by Crippen LogP contribution is 2.27. The second kappa shape index (κ2) is 7.36. The smallest absolute Gasteiger partial charge is 0.262 e. The number of anilines is 1. The lowest BCUT2D eigenvalue weighted by atomic mass is 10.2. The van der Waals surface area contributed by atoms with E-state index in [9.17, 15) is 4.79 Å². The van der Waals surface area contributed by atoms with Crippen LogP contribution in [-0.4, -0.2) is 26.7 Å². The molecule has 1 amide bonds. The Morgan fingerprint density at radius 3 is 2.05 bits per heavy atom. The van der Waals surface area contributed by atoms with E-state index >= 15 is 0 Å². The average molecular weight is 301 g/mol. The molecule has 0 unspecified atom stereocenters. The maximum atomic E-state index is 11.9. The first kappa shape index (κ1) is 15.7. The van der Waals surface area contributed by atoms with Crippen molar-refractivity contribution >= 4 is 11.6 Å². The van der Waals surface area contributed by atoms with Crippen molar-refractivity contribution in [1.29, 1.82) is 0 Å². The highest BCUT2D eigenvalue weighted by molar-refractivity contribution is 5.91. The van der Waals surface area contributed by atoms with E-state index in [1.54, 1.807) is 32.4 Å². The van der Waals surface area contributed by atoms with E-state index < -0.39 is 0 Å². The van der Waals surface area contributed by atoms with Crippen molar-refractivity contribution in [3.05, 3.63) is 48.0 Å². The molecule has 2 aromatic carbocycles. The third-order valence-corrected chi connectivity index (χ3v) is 3.03. The molecular weight excluding hydrogens is 282 g/mol. The Balaban J connectivity index is 1.94. The van der Waals surface area contributed by atoms with E-state index in [1.807, 2.05) is 31.2 Å². The van der Waals surface area contributed by atoms with Gasteiger partial charge in [-0.15, -0.1) is 0 Å². The molecule has 0 saturated carbocycles. The van der Waals surface area contributed by atoms with E-state index in [2.05, 4.69) is 5.32 Å². The zero-order valence-electron chi connectivity index (χ0n) is 12.9. The van der Waals surface area contributed by atoms with Crippen LogP contribution in [0.25, 0.3) is 0 Å². The monoisotopic (exact) mass is 301 g/mol. The fourth-order valence-electron chi connectivity index (χ4n) is 1.85. The first-order valence-corrected chi connectivity index (χ1v) is 6.83. The van der Waals surface area contributed by atoms with E-state index in [-0.39, 0.29) is 12.5 Å². The molecule has 2 rings (SSSR count). The molecular formula is C17H19NO4. The highest BCUT2D eigenvalue weighted by Gasteiger charge is 2.06. The maximum absolute atomic E-state index is 11.9. The fraction of sp³-hybridized carbons (Fsp3) is 0.235. The van der Waals surface area contributed by atoms with Crippen molar-refractivity contribution in [1.82, 2.24) is 0 Å². The second-order valence-corrected chi connectivity index (χ2v) is 4.75. The van der Waals surface area contributed by atoms with Gasteiger partial charge in [0.25, 0.3) is 5.91 Å². The summed E-state index contributed by atoms with van der Waals surface area (Å²) in [5, 5.41) is 2.77. The molecule has 0 spiro atoms. The van der Waals surface area contributed by atoms with Crippen LogP contribution in [0.4, 0.5) is 5.69 Å². The van der Waals surface area contributed by atoms with Crippen molar-refractivity contribution in [3.8, 4) is 17.2 Å². The Kier molecular flexibility index (Phi) is 5.25. The van der Waals surface area contributed by atoms with Gasteiger partial charge in [-0.05, 0) is 19.1 Å². The minimum absolute atomic E-state index is 0.0931. The van der Waals surface area contributed by atoms with Gasteiger partial charge in [-0.2, -0.15) is 0 Å². The summed E-state index contributed by atoms with van der Waals surface area (Å²) >= 11 is 0. The molecule has 2 aromatic rings. The molecule has 5 heteroatoms. The number of hydrogen-bond donors (Lipinski definition) is 1. The van der Waals surface area contributed by atoms with Crippen LogP contribution in [-0.2, 0) is 4.79 Å². The Hall–Kier alpha value is -2.69. The molecule has 0 aliphatic heterocycles. The Bertz CT molecular complexity index is 615. The highest BCUT2D eigenvalue weighted by atomic mass is 16.5. The van der Waals surface area contributed by atoms with Gasteiger partial charge in [0.2, 0.25) is 0 Å². The number of amides is 1. The van der Waals surface area contributed by atoms with Crippen molar-refractivity contribution in [2.45, 2.75) is 6.92 Å². The largest absolute Gasteiger partial charge is 0.496 e. The molecule has 1 N–H and O–H groups in total. The normalized spacial score (nSPS) is 9.95. The molecule has 0 radical (unpaired) electrons. The van der Waals surface area contributed by atoms with Crippen LogP contribution in [0.15, 0.2) is 42.5 Å². The Labute approximate surface area is 129 Å². The van der Waals surface area contributed by atoms with Crippen LogP contribution in [0, 0.1) is 6.92 Å². The number of methoxy groups -OCH3 is 2. The fourth-order valence-corrected chi connectivity index (χ4v) is 1.85. The van der Waals surface area contributed by atoms with E-state index in [4.69, 9.17) is 14.2 Å². The van der Waals surface area contributed by atoms with E-state index in [0.29, 0.717) is 17.2 Å². The third-order valence-electron chi connectivity index (χ3n) is 3.03. The lowest BCUT2D eigenvalue weighted by Crippen LogP contribution is -2.20. The van der Waals surface area contributed by atoms with Gasteiger partial charge in [0.05, 0.1) is 14.2 Å². The number of carbonyl (C=O) groups is 1. The molecule has 0 fully saturated rings.